The van der Waals surface area contributed by atoms with Crippen molar-refractivity contribution in [2.45, 2.75) is 13.3 Å². The summed E-state index contributed by atoms with van der Waals surface area (Å²) >= 11 is 0. The van der Waals surface area contributed by atoms with Crippen LogP contribution in [0.1, 0.15) is 13.3 Å². The first-order chi connectivity index (χ1) is 6.29. The van der Waals surface area contributed by atoms with Crippen molar-refractivity contribution >= 4 is 5.97 Å². The molecule has 70 valence electrons. The number of carbonyl (C=O) groups excluding carboxylic acids is 1. The molecule has 0 aliphatic carbocycles. The van der Waals surface area contributed by atoms with Gasteiger partial charge < -0.3 is 9.47 Å². The van der Waals surface area contributed by atoms with E-state index in [2.05, 4.69) is 0 Å². The van der Waals surface area contributed by atoms with Crippen LogP contribution in [0.25, 0.3) is 0 Å². The molecule has 0 aromatic rings. The number of esters is 1. The zero-order valence-electron chi connectivity index (χ0n) is 7.50. The molecular weight excluding hydrogens is 170 g/mol. The van der Waals surface area contributed by atoms with E-state index in [0.717, 1.165) is 5.57 Å². The lowest BCUT2D eigenvalue weighted by Gasteiger charge is -2.01. The Bertz CT molecular complexity index is 267. The molecule has 0 aromatic heterocycles. The fourth-order valence-electron chi connectivity index (χ4n) is 1.13. The number of carbonyl (C=O) groups is 1. The minimum Gasteiger partial charge on any atom is -0.462 e. The van der Waals surface area contributed by atoms with Gasteiger partial charge in [-0.1, -0.05) is 0 Å². The first-order valence-corrected chi connectivity index (χ1v) is 4.16. The zero-order chi connectivity index (χ0) is 9.68. The Hall–Kier alpha value is -1.34. The number of rotatable bonds is 2. The van der Waals surface area contributed by atoms with E-state index in [0.29, 0.717) is 19.6 Å². The number of hydrogen-bond acceptors (Lipinski definition) is 4. The van der Waals surface area contributed by atoms with Gasteiger partial charge in [0.2, 0.25) is 0 Å². The molecule has 1 rings (SSSR count). The van der Waals surface area contributed by atoms with Gasteiger partial charge in [0.15, 0.2) is 0 Å². The molecule has 0 unspecified atom stereocenters. The summed E-state index contributed by atoms with van der Waals surface area (Å²) < 4.78 is 9.78. The maximum atomic E-state index is 11.2. The van der Waals surface area contributed by atoms with Gasteiger partial charge in [0, 0.05) is 0 Å². The average Bonchev–Trinajstić information content (AvgIpc) is 2.59. The molecule has 0 saturated carbocycles. The van der Waals surface area contributed by atoms with Crippen LogP contribution in [-0.4, -0.2) is 25.8 Å². The predicted octanol–water partition coefficient (Wildman–Crippen LogP) is 0.790. The first kappa shape index (κ1) is 9.75. The summed E-state index contributed by atoms with van der Waals surface area (Å²) in [5, 5.41) is 8.72. The molecule has 13 heavy (non-hydrogen) atoms. The van der Waals surface area contributed by atoms with Crippen molar-refractivity contribution in [1.29, 1.82) is 5.26 Å². The van der Waals surface area contributed by atoms with Crippen LogP contribution < -0.4 is 0 Å². The van der Waals surface area contributed by atoms with Gasteiger partial charge in [0.25, 0.3) is 0 Å². The van der Waals surface area contributed by atoms with E-state index in [4.69, 9.17) is 14.7 Å². The van der Waals surface area contributed by atoms with Crippen molar-refractivity contribution < 1.29 is 14.3 Å². The highest BCUT2D eigenvalue weighted by Gasteiger charge is 2.19. The van der Waals surface area contributed by atoms with Crippen LogP contribution in [0.3, 0.4) is 0 Å². The Morgan fingerprint density at radius 2 is 2.54 bits per heavy atom. The highest BCUT2D eigenvalue weighted by Crippen LogP contribution is 2.16. The third-order valence-corrected chi connectivity index (χ3v) is 1.77. The molecule has 1 fully saturated rings. The van der Waals surface area contributed by atoms with Crippen molar-refractivity contribution in [2.24, 2.45) is 0 Å². The minimum atomic E-state index is -0.537. The third-order valence-electron chi connectivity index (χ3n) is 1.77. The summed E-state index contributed by atoms with van der Waals surface area (Å²) in [6.45, 7) is 2.96. The Morgan fingerprint density at radius 1 is 1.77 bits per heavy atom. The molecule has 0 N–H and O–H groups in total. The van der Waals surface area contributed by atoms with E-state index < -0.39 is 5.97 Å². The van der Waals surface area contributed by atoms with Crippen molar-refractivity contribution in [2.75, 3.05) is 19.8 Å². The van der Waals surface area contributed by atoms with Gasteiger partial charge in [-0.3, -0.25) is 0 Å². The summed E-state index contributed by atoms with van der Waals surface area (Å²) in [6, 6.07) is 1.85. The van der Waals surface area contributed by atoms with E-state index in [9.17, 15) is 4.79 Å². The van der Waals surface area contributed by atoms with Crippen molar-refractivity contribution in [3.8, 4) is 6.07 Å². The Labute approximate surface area is 76.7 Å². The Balaban J connectivity index is 2.77. The molecule has 0 bridgehead atoms. The third kappa shape index (κ3) is 2.30. The Morgan fingerprint density at radius 3 is 3.00 bits per heavy atom. The number of nitriles is 1. The van der Waals surface area contributed by atoms with Gasteiger partial charge >= 0.3 is 5.97 Å². The molecule has 0 radical (unpaired) electrons. The van der Waals surface area contributed by atoms with Crippen LogP contribution in [0.15, 0.2) is 11.1 Å². The fraction of sp³-hybridized carbons (Fsp3) is 0.556. The molecule has 0 amide bonds. The van der Waals surface area contributed by atoms with E-state index in [1.165, 1.54) is 0 Å². The van der Waals surface area contributed by atoms with Gasteiger partial charge in [-0.05, 0) is 18.9 Å². The summed E-state index contributed by atoms with van der Waals surface area (Å²) in [4.78, 5) is 11.2. The molecule has 0 atom stereocenters. The fourth-order valence-corrected chi connectivity index (χ4v) is 1.13. The molecule has 0 aromatic carbocycles. The van der Waals surface area contributed by atoms with Crippen LogP contribution >= 0.6 is 0 Å². The largest absolute Gasteiger partial charge is 0.462 e. The van der Waals surface area contributed by atoms with Gasteiger partial charge in [0.05, 0.1) is 19.8 Å². The quantitative estimate of drug-likeness (QED) is 0.359. The normalized spacial score (nSPS) is 19.4. The monoisotopic (exact) mass is 181 g/mol. The lowest BCUT2D eigenvalue weighted by Crippen LogP contribution is -2.09. The van der Waals surface area contributed by atoms with Crippen LogP contribution in [0.5, 0.6) is 0 Å². The van der Waals surface area contributed by atoms with Crippen molar-refractivity contribution in [1.82, 2.24) is 0 Å². The molecule has 4 nitrogen and oxygen atoms in total. The van der Waals surface area contributed by atoms with Crippen LogP contribution in [-0.2, 0) is 14.3 Å². The second kappa shape index (κ2) is 4.63. The van der Waals surface area contributed by atoms with Crippen LogP contribution in [0.2, 0.25) is 0 Å². The average molecular weight is 181 g/mol. The number of ether oxygens (including phenoxy) is 2. The summed E-state index contributed by atoms with van der Waals surface area (Å²) in [5.41, 5.74) is 0.861. The lowest BCUT2D eigenvalue weighted by atomic mass is 10.1. The van der Waals surface area contributed by atoms with E-state index in [1.807, 2.05) is 6.07 Å². The summed E-state index contributed by atoms with van der Waals surface area (Å²) in [6.07, 6.45) is 0.654. The second-order valence-corrected chi connectivity index (χ2v) is 2.61. The highest BCUT2D eigenvalue weighted by molar-refractivity contribution is 5.93. The highest BCUT2D eigenvalue weighted by atomic mass is 16.5. The maximum absolute atomic E-state index is 11.2. The number of nitrogens with zero attached hydrogens (tertiary/aromatic N) is 1. The standard InChI is InChI=1S/C9H11NO3/c1-2-13-9(11)8(5-10)7-3-4-12-6-7/h2-4,6H2,1H3/b8-7+. The smallest absolute Gasteiger partial charge is 0.348 e. The van der Waals surface area contributed by atoms with Gasteiger partial charge in [0.1, 0.15) is 11.6 Å². The summed E-state index contributed by atoms with van der Waals surface area (Å²) in [7, 11) is 0. The van der Waals surface area contributed by atoms with E-state index in [1.54, 1.807) is 6.92 Å². The Kier molecular flexibility index (Phi) is 3.47. The maximum Gasteiger partial charge on any atom is 0.348 e. The van der Waals surface area contributed by atoms with Gasteiger partial charge in [-0.15, -0.1) is 0 Å². The molecule has 1 heterocycles. The van der Waals surface area contributed by atoms with Crippen molar-refractivity contribution in [3.05, 3.63) is 11.1 Å². The van der Waals surface area contributed by atoms with Gasteiger partial charge in [-0.2, -0.15) is 5.26 Å². The lowest BCUT2D eigenvalue weighted by molar-refractivity contribution is -0.138. The van der Waals surface area contributed by atoms with E-state index >= 15 is 0 Å². The molecule has 1 aliphatic heterocycles. The van der Waals surface area contributed by atoms with Crippen LogP contribution in [0, 0.1) is 11.3 Å². The molecular formula is C9H11NO3. The predicted molar refractivity (Wildman–Crippen MR) is 44.7 cm³/mol. The molecule has 1 saturated heterocycles. The van der Waals surface area contributed by atoms with Crippen LogP contribution in [0.4, 0.5) is 0 Å². The summed E-state index contributed by atoms with van der Waals surface area (Å²) in [5.74, 6) is -0.537. The van der Waals surface area contributed by atoms with E-state index in [-0.39, 0.29) is 12.2 Å². The number of hydrogen-bond donors (Lipinski definition) is 0. The first-order valence-electron chi connectivity index (χ1n) is 4.16. The zero-order valence-corrected chi connectivity index (χ0v) is 7.50. The molecule has 0 spiro atoms. The second-order valence-electron chi connectivity index (χ2n) is 2.61. The molecule has 4 heteroatoms. The molecule has 1 aliphatic rings. The SMILES string of the molecule is CCOC(=O)/C(C#N)=C1\CCOC1. The topological polar surface area (TPSA) is 59.3 Å². The van der Waals surface area contributed by atoms with Gasteiger partial charge in [-0.25, -0.2) is 4.79 Å². The van der Waals surface area contributed by atoms with Crippen molar-refractivity contribution in [3.63, 3.8) is 0 Å². The minimum absolute atomic E-state index is 0.111.